The van der Waals surface area contributed by atoms with E-state index in [0.29, 0.717) is 19.1 Å². The van der Waals surface area contributed by atoms with Crippen LogP contribution in [0.3, 0.4) is 0 Å². The SMILES string of the molecule is CCOc1ccccc1[C@H]1C[C@]1(CN)CO. The summed E-state index contributed by atoms with van der Waals surface area (Å²) in [5.41, 5.74) is 6.81. The average Bonchev–Trinajstić information content (AvgIpc) is 3.05. The fraction of sp³-hybridized carbons (Fsp3) is 0.538. The molecule has 0 radical (unpaired) electrons. The van der Waals surface area contributed by atoms with Crippen molar-refractivity contribution in [1.29, 1.82) is 0 Å². The fourth-order valence-corrected chi connectivity index (χ4v) is 2.31. The molecule has 16 heavy (non-hydrogen) atoms. The van der Waals surface area contributed by atoms with Gasteiger partial charge in [-0.3, -0.25) is 0 Å². The van der Waals surface area contributed by atoms with Gasteiger partial charge in [-0.2, -0.15) is 0 Å². The van der Waals surface area contributed by atoms with Gasteiger partial charge in [-0.15, -0.1) is 0 Å². The van der Waals surface area contributed by atoms with Crippen molar-refractivity contribution in [2.45, 2.75) is 19.3 Å². The van der Waals surface area contributed by atoms with Gasteiger partial charge in [0.2, 0.25) is 0 Å². The van der Waals surface area contributed by atoms with E-state index in [2.05, 4.69) is 6.07 Å². The molecular formula is C13H19NO2. The number of aliphatic hydroxyl groups is 1. The molecule has 1 fully saturated rings. The topological polar surface area (TPSA) is 55.5 Å². The Balaban J connectivity index is 2.22. The van der Waals surface area contributed by atoms with Crippen LogP contribution in [0, 0.1) is 5.41 Å². The lowest BCUT2D eigenvalue weighted by Gasteiger charge is -2.14. The lowest BCUT2D eigenvalue weighted by atomic mass is 9.99. The number of nitrogens with two attached hydrogens (primary N) is 1. The molecule has 0 amide bonds. The number of rotatable bonds is 5. The number of aliphatic hydroxyl groups excluding tert-OH is 1. The molecule has 2 rings (SSSR count). The van der Waals surface area contributed by atoms with Gasteiger partial charge < -0.3 is 15.6 Å². The first kappa shape index (κ1) is 11.4. The monoisotopic (exact) mass is 221 g/mol. The van der Waals surface area contributed by atoms with E-state index in [4.69, 9.17) is 10.5 Å². The first-order chi connectivity index (χ1) is 7.77. The molecule has 0 spiro atoms. The van der Waals surface area contributed by atoms with E-state index in [1.54, 1.807) is 0 Å². The third kappa shape index (κ3) is 1.81. The quantitative estimate of drug-likeness (QED) is 0.792. The minimum absolute atomic E-state index is 0.104. The molecule has 0 aliphatic heterocycles. The molecule has 0 heterocycles. The molecule has 2 atom stereocenters. The second kappa shape index (κ2) is 4.44. The first-order valence-corrected chi connectivity index (χ1v) is 5.80. The van der Waals surface area contributed by atoms with E-state index in [1.165, 1.54) is 5.56 Å². The summed E-state index contributed by atoms with van der Waals surface area (Å²) in [6.45, 7) is 3.34. The van der Waals surface area contributed by atoms with Crippen molar-refractivity contribution in [3.63, 3.8) is 0 Å². The highest BCUT2D eigenvalue weighted by atomic mass is 16.5. The van der Waals surface area contributed by atoms with E-state index in [1.807, 2.05) is 25.1 Å². The van der Waals surface area contributed by atoms with Gasteiger partial charge in [0, 0.05) is 12.0 Å². The number of para-hydroxylation sites is 1. The Morgan fingerprint density at radius 2 is 2.25 bits per heavy atom. The van der Waals surface area contributed by atoms with E-state index in [9.17, 15) is 5.11 Å². The third-order valence-corrected chi connectivity index (χ3v) is 3.51. The minimum atomic E-state index is -0.104. The van der Waals surface area contributed by atoms with Gasteiger partial charge in [-0.25, -0.2) is 0 Å². The third-order valence-electron chi connectivity index (χ3n) is 3.51. The molecule has 0 saturated heterocycles. The lowest BCUT2D eigenvalue weighted by molar-refractivity contribution is 0.211. The van der Waals surface area contributed by atoms with E-state index >= 15 is 0 Å². The molecule has 1 aliphatic carbocycles. The maximum absolute atomic E-state index is 9.39. The van der Waals surface area contributed by atoms with Crippen molar-refractivity contribution in [1.82, 2.24) is 0 Å². The van der Waals surface area contributed by atoms with Gasteiger partial charge in [0.1, 0.15) is 5.75 Å². The summed E-state index contributed by atoms with van der Waals surface area (Å²) in [5.74, 6) is 1.28. The van der Waals surface area contributed by atoms with E-state index < -0.39 is 0 Å². The van der Waals surface area contributed by atoms with Gasteiger partial charge in [0.05, 0.1) is 13.2 Å². The molecule has 1 aliphatic rings. The van der Waals surface area contributed by atoms with Crippen molar-refractivity contribution >= 4 is 0 Å². The first-order valence-electron chi connectivity index (χ1n) is 5.80. The molecule has 1 saturated carbocycles. The van der Waals surface area contributed by atoms with Gasteiger partial charge in [0.15, 0.2) is 0 Å². The summed E-state index contributed by atoms with van der Waals surface area (Å²) in [5, 5.41) is 9.39. The summed E-state index contributed by atoms with van der Waals surface area (Å²) in [7, 11) is 0. The van der Waals surface area contributed by atoms with Crippen LogP contribution in [0.2, 0.25) is 0 Å². The van der Waals surface area contributed by atoms with Crippen LogP contribution in [0.25, 0.3) is 0 Å². The van der Waals surface area contributed by atoms with Gasteiger partial charge in [-0.05, 0) is 30.9 Å². The predicted molar refractivity (Wildman–Crippen MR) is 63.5 cm³/mol. The van der Waals surface area contributed by atoms with Crippen LogP contribution in [0.4, 0.5) is 0 Å². The Morgan fingerprint density at radius 1 is 1.50 bits per heavy atom. The Labute approximate surface area is 96.2 Å². The molecule has 3 heteroatoms. The fourth-order valence-electron chi connectivity index (χ4n) is 2.31. The van der Waals surface area contributed by atoms with Gasteiger partial charge in [-0.1, -0.05) is 18.2 Å². The predicted octanol–water partition coefficient (Wildman–Crippen LogP) is 1.51. The number of hydrogen-bond donors (Lipinski definition) is 2. The molecule has 3 nitrogen and oxygen atoms in total. The minimum Gasteiger partial charge on any atom is -0.494 e. The zero-order valence-corrected chi connectivity index (χ0v) is 9.65. The normalized spacial score (nSPS) is 27.8. The van der Waals surface area contributed by atoms with Crippen molar-refractivity contribution in [2.24, 2.45) is 11.1 Å². The molecule has 88 valence electrons. The zero-order valence-electron chi connectivity index (χ0n) is 9.65. The molecule has 0 bridgehead atoms. The standard InChI is InChI=1S/C13H19NO2/c1-2-16-12-6-4-3-5-10(12)11-7-13(11,8-14)9-15/h3-6,11,15H,2,7-9,14H2,1H3/t11-,13+/m1/s1. The van der Waals surface area contributed by atoms with Crippen LogP contribution in [0.1, 0.15) is 24.8 Å². The van der Waals surface area contributed by atoms with Crippen molar-refractivity contribution in [2.75, 3.05) is 19.8 Å². The molecule has 3 N–H and O–H groups in total. The highest BCUT2D eigenvalue weighted by Crippen LogP contribution is 2.59. The van der Waals surface area contributed by atoms with Crippen LogP contribution < -0.4 is 10.5 Å². The second-order valence-electron chi connectivity index (χ2n) is 4.45. The second-order valence-corrected chi connectivity index (χ2v) is 4.45. The molecule has 0 aromatic heterocycles. The maximum atomic E-state index is 9.39. The number of hydrogen-bond acceptors (Lipinski definition) is 3. The lowest BCUT2D eigenvalue weighted by Crippen LogP contribution is -2.21. The smallest absolute Gasteiger partial charge is 0.122 e. The van der Waals surface area contributed by atoms with Crippen LogP contribution in [0.5, 0.6) is 5.75 Å². The molecule has 1 aromatic carbocycles. The molecule has 0 unspecified atom stereocenters. The van der Waals surface area contributed by atoms with E-state index in [-0.39, 0.29) is 12.0 Å². The average molecular weight is 221 g/mol. The Hall–Kier alpha value is -1.06. The summed E-state index contributed by atoms with van der Waals surface area (Å²) in [6, 6.07) is 8.04. The van der Waals surface area contributed by atoms with Crippen LogP contribution in [-0.4, -0.2) is 24.9 Å². The maximum Gasteiger partial charge on any atom is 0.122 e. The highest BCUT2D eigenvalue weighted by molar-refractivity contribution is 5.41. The summed E-state index contributed by atoms with van der Waals surface area (Å²) >= 11 is 0. The summed E-state index contributed by atoms with van der Waals surface area (Å²) in [4.78, 5) is 0. The van der Waals surface area contributed by atoms with Crippen molar-refractivity contribution in [3.05, 3.63) is 29.8 Å². The van der Waals surface area contributed by atoms with E-state index in [0.717, 1.165) is 12.2 Å². The van der Waals surface area contributed by atoms with Crippen LogP contribution >= 0.6 is 0 Å². The summed E-state index contributed by atoms with van der Waals surface area (Å²) in [6.07, 6.45) is 0.962. The largest absolute Gasteiger partial charge is 0.494 e. The summed E-state index contributed by atoms with van der Waals surface area (Å²) < 4.78 is 5.60. The van der Waals surface area contributed by atoms with Crippen LogP contribution in [0.15, 0.2) is 24.3 Å². The van der Waals surface area contributed by atoms with Crippen LogP contribution in [-0.2, 0) is 0 Å². The Morgan fingerprint density at radius 3 is 2.81 bits per heavy atom. The highest BCUT2D eigenvalue weighted by Gasteiger charge is 2.54. The van der Waals surface area contributed by atoms with Crippen molar-refractivity contribution in [3.8, 4) is 5.75 Å². The number of benzene rings is 1. The van der Waals surface area contributed by atoms with Crippen molar-refractivity contribution < 1.29 is 9.84 Å². The molecular weight excluding hydrogens is 202 g/mol. The Kier molecular flexibility index (Phi) is 3.17. The van der Waals surface area contributed by atoms with Gasteiger partial charge in [0.25, 0.3) is 0 Å². The molecule has 1 aromatic rings. The number of ether oxygens (including phenoxy) is 1. The van der Waals surface area contributed by atoms with Gasteiger partial charge >= 0.3 is 0 Å². The zero-order chi connectivity index (χ0) is 11.6. The Bertz CT molecular complexity index is 361.